The molecule has 0 saturated carbocycles. The van der Waals surface area contributed by atoms with Crippen LogP contribution >= 0.6 is 0 Å². The third-order valence-electron chi connectivity index (χ3n) is 3.82. The van der Waals surface area contributed by atoms with Gasteiger partial charge in [0.05, 0.1) is 19.6 Å². The summed E-state index contributed by atoms with van der Waals surface area (Å²) in [7, 11) is 0. The fourth-order valence-electron chi connectivity index (χ4n) is 2.73. The predicted molar refractivity (Wildman–Crippen MR) is 74.2 cm³/mol. The van der Waals surface area contributed by atoms with Crippen molar-refractivity contribution in [2.45, 2.75) is 18.9 Å². The normalized spacial score (nSPS) is 21.7. The first-order valence-corrected chi connectivity index (χ1v) is 7.30. The molecule has 0 radical (unpaired) electrons. The molecule has 2 N–H and O–H groups in total. The standard InChI is InChI=1S/C15H20N2O3/c18-15(10-17-7-3-4-8-17)16-9-12-11-19-13-5-1-2-6-14(13)20-12/h1-2,5-6,12H,3-4,7-11H2,(H,16,18)/p+1/t12-/m0/s1. The van der Waals surface area contributed by atoms with Gasteiger partial charge >= 0.3 is 0 Å². The van der Waals surface area contributed by atoms with Crippen molar-refractivity contribution < 1.29 is 19.2 Å². The second-order valence-electron chi connectivity index (χ2n) is 5.44. The lowest BCUT2D eigenvalue weighted by Crippen LogP contribution is -3.11. The number of hydrogen-bond donors (Lipinski definition) is 2. The zero-order valence-corrected chi connectivity index (χ0v) is 11.6. The Morgan fingerprint density at radius 1 is 1.25 bits per heavy atom. The minimum Gasteiger partial charge on any atom is -0.486 e. The van der Waals surface area contributed by atoms with Crippen LogP contribution < -0.4 is 19.7 Å². The number of carbonyl (C=O) groups excluding carboxylic acids is 1. The van der Waals surface area contributed by atoms with Gasteiger partial charge in [0, 0.05) is 12.8 Å². The molecule has 2 aliphatic rings. The average Bonchev–Trinajstić information content (AvgIpc) is 2.98. The maximum absolute atomic E-state index is 11.9. The van der Waals surface area contributed by atoms with E-state index in [0.29, 0.717) is 19.7 Å². The van der Waals surface area contributed by atoms with Crippen LogP contribution in [0.2, 0.25) is 0 Å². The van der Waals surface area contributed by atoms with Gasteiger partial charge in [-0.3, -0.25) is 4.79 Å². The van der Waals surface area contributed by atoms with Gasteiger partial charge in [-0.15, -0.1) is 0 Å². The summed E-state index contributed by atoms with van der Waals surface area (Å²) >= 11 is 0. The van der Waals surface area contributed by atoms with E-state index in [-0.39, 0.29) is 12.0 Å². The predicted octanol–water partition coefficient (Wildman–Crippen LogP) is -0.379. The van der Waals surface area contributed by atoms with Crippen molar-refractivity contribution in [2.24, 2.45) is 0 Å². The van der Waals surface area contributed by atoms with E-state index in [2.05, 4.69) is 5.32 Å². The number of amides is 1. The van der Waals surface area contributed by atoms with E-state index in [0.717, 1.165) is 24.6 Å². The average molecular weight is 277 g/mol. The highest BCUT2D eigenvalue weighted by molar-refractivity contribution is 5.76. The second-order valence-corrected chi connectivity index (χ2v) is 5.44. The van der Waals surface area contributed by atoms with Crippen LogP contribution in [0.4, 0.5) is 0 Å². The van der Waals surface area contributed by atoms with E-state index in [4.69, 9.17) is 9.47 Å². The minimum absolute atomic E-state index is 0.101. The van der Waals surface area contributed by atoms with Crippen LogP contribution in [0.3, 0.4) is 0 Å². The number of likely N-dealkylation sites (tertiary alicyclic amines) is 1. The Balaban J connectivity index is 1.44. The zero-order chi connectivity index (χ0) is 13.8. The van der Waals surface area contributed by atoms with Crippen molar-refractivity contribution >= 4 is 5.91 Å². The Kier molecular flexibility index (Phi) is 4.06. The molecule has 5 nitrogen and oxygen atoms in total. The third kappa shape index (κ3) is 3.22. The lowest BCUT2D eigenvalue weighted by atomic mass is 10.2. The molecule has 1 amide bonds. The summed E-state index contributed by atoms with van der Waals surface area (Å²) in [5.74, 6) is 1.63. The first-order chi connectivity index (χ1) is 9.81. The molecule has 20 heavy (non-hydrogen) atoms. The van der Waals surface area contributed by atoms with E-state index in [1.807, 2.05) is 24.3 Å². The number of benzene rings is 1. The molecule has 0 unspecified atom stereocenters. The Morgan fingerprint density at radius 2 is 2.00 bits per heavy atom. The molecule has 0 aliphatic carbocycles. The summed E-state index contributed by atoms with van der Waals surface area (Å²) in [6.07, 6.45) is 2.36. The molecule has 1 fully saturated rings. The fraction of sp³-hybridized carbons (Fsp3) is 0.533. The SMILES string of the molecule is O=C(C[NH+]1CCCC1)NC[C@H]1COc2ccccc2O1. The van der Waals surface area contributed by atoms with Gasteiger partial charge in [-0.25, -0.2) is 0 Å². The van der Waals surface area contributed by atoms with E-state index in [9.17, 15) is 4.79 Å². The van der Waals surface area contributed by atoms with Gasteiger partial charge in [0.25, 0.3) is 5.91 Å². The van der Waals surface area contributed by atoms with Gasteiger partial charge in [0.15, 0.2) is 18.0 Å². The summed E-state index contributed by atoms with van der Waals surface area (Å²) in [6.45, 7) is 3.78. The second kappa shape index (κ2) is 6.13. The van der Waals surface area contributed by atoms with Gasteiger partial charge in [0.2, 0.25) is 0 Å². The Hall–Kier alpha value is -1.75. The summed E-state index contributed by atoms with van der Waals surface area (Å²) in [5.41, 5.74) is 0. The number of fused-ring (bicyclic) bond motifs is 1. The summed E-state index contributed by atoms with van der Waals surface area (Å²) in [5, 5.41) is 2.95. The largest absolute Gasteiger partial charge is 0.486 e. The molecule has 1 saturated heterocycles. The highest BCUT2D eigenvalue weighted by Gasteiger charge is 2.23. The first-order valence-electron chi connectivity index (χ1n) is 7.30. The van der Waals surface area contributed by atoms with Crippen molar-refractivity contribution in [3.8, 4) is 11.5 Å². The molecule has 108 valence electrons. The van der Waals surface area contributed by atoms with Crippen LogP contribution in [0.25, 0.3) is 0 Å². The van der Waals surface area contributed by atoms with Crippen molar-refractivity contribution in [1.29, 1.82) is 0 Å². The van der Waals surface area contributed by atoms with Crippen LogP contribution in [0.5, 0.6) is 11.5 Å². The lowest BCUT2D eigenvalue weighted by Gasteiger charge is -2.26. The van der Waals surface area contributed by atoms with Crippen LogP contribution in [0.15, 0.2) is 24.3 Å². The van der Waals surface area contributed by atoms with Crippen LogP contribution in [-0.2, 0) is 4.79 Å². The molecule has 2 aliphatic heterocycles. The number of hydrogen-bond acceptors (Lipinski definition) is 3. The highest BCUT2D eigenvalue weighted by Crippen LogP contribution is 2.30. The smallest absolute Gasteiger partial charge is 0.275 e. The molecule has 1 aromatic rings. The molecule has 0 aromatic heterocycles. The van der Waals surface area contributed by atoms with Crippen molar-refractivity contribution in [1.82, 2.24) is 5.32 Å². The number of nitrogens with one attached hydrogen (secondary N) is 2. The molecule has 5 heteroatoms. The Morgan fingerprint density at radius 3 is 2.80 bits per heavy atom. The van der Waals surface area contributed by atoms with E-state index in [1.165, 1.54) is 17.7 Å². The van der Waals surface area contributed by atoms with Crippen LogP contribution in [0, 0.1) is 0 Å². The molecule has 3 rings (SSSR count). The molecule has 2 heterocycles. The highest BCUT2D eigenvalue weighted by atomic mass is 16.6. The van der Waals surface area contributed by atoms with Gasteiger partial charge in [0.1, 0.15) is 12.7 Å². The molecular weight excluding hydrogens is 256 g/mol. The summed E-state index contributed by atoms with van der Waals surface area (Å²) in [4.78, 5) is 13.2. The maximum Gasteiger partial charge on any atom is 0.275 e. The van der Waals surface area contributed by atoms with Gasteiger partial charge < -0.3 is 19.7 Å². The number of para-hydroxylation sites is 2. The number of quaternary nitrogens is 1. The van der Waals surface area contributed by atoms with Gasteiger partial charge in [-0.2, -0.15) is 0 Å². The van der Waals surface area contributed by atoms with Crippen molar-refractivity contribution in [2.75, 3.05) is 32.8 Å². The minimum atomic E-state index is -0.109. The molecular formula is C15H21N2O3+. The Bertz CT molecular complexity index is 472. The lowest BCUT2D eigenvalue weighted by molar-refractivity contribution is -0.879. The number of carbonyl (C=O) groups is 1. The monoisotopic (exact) mass is 277 g/mol. The molecule has 0 bridgehead atoms. The number of ether oxygens (including phenoxy) is 2. The number of rotatable bonds is 4. The zero-order valence-electron chi connectivity index (χ0n) is 11.6. The first kappa shape index (κ1) is 13.2. The van der Waals surface area contributed by atoms with Gasteiger partial charge in [-0.1, -0.05) is 12.1 Å². The topological polar surface area (TPSA) is 52.0 Å². The molecule has 1 aromatic carbocycles. The third-order valence-corrected chi connectivity index (χ3v) is 3.82. The summed E-state index contributed by atoms with van der Waals surface area (Å²) < 4.78 is 11.4. The van der Waals surface area contributed by atoms with E-state index < -0.39 is 0 Å². The summed E-state index contributed by atoms with van der Waals surface area (Å²) in [6, 6.07) is 7.61. The Labute approximate surface area is 118 Å². The molecule has 1 atom stereocenters. The van der Waals surface area contributed by atoms with Crippen molar-refractivity contribution in [3.05, 3.63) is 24.3 Å². The maximum atomic E-state index is 11.9. The quantitative estimate of drug-likeness (QED) is 0.789. The van der Waals surface area contributed by atoms with E-state index in [1.54, 1.807) is 0 Å². The molecule has 0 spiro atoms. The van der Waals surface area contributed by atoms with Crippen LogP contribution in [0.1, 0.15) is 12.8 Å². The van der Waals surface area contributed by atoms with Crippen molar-refractivity contribution in [3.63, 3.8) is 0 Å². The van der Waals surface area contributed by atoms with Crippen LogP contribution in [-0.4, -0.2) is 44.8 Å². The van der Waals surface area contributed by atoms with E-state index >= 15 is 0 Å². The van der Waals surface area contributed by atoms with Gasteiger partial charge in [-0.05, 0) is 12.1 Å². The fourth-order valence-corrected chi connectivity index (χ4v) is 2.73.